The fraction of sp³-hybridized carbons (Fsp3) is 0.286. The molecule has 0 radical (unpaired) electrons. The Labute approximate surface area is 161 Å². The first-order chi connectivity index (χ1) is 12.9. The normalized spacial score (nSPS) is 22.3. The summed E-state index contributed by atoms with van der Waals surface area (Å²) in [4.78, 5) is 15.8. The average Bonchev–Trinajstić information content (AvgIpc) is 2.66. The van der Waals surface area contributed by atoms with E-state index in [1.165, 1.54) is 5.56 Å². The van der Waals surface area contributed by atoms with E-state index in [4.69, 9.17) is 4.98 Å². The number of anilines is 1. The number of hydrogen-bond acceptors (Lipinski definition) is 5. The van der Waals surface area contributed by atoms with Crippen LogP contribution in [0.2, 0.25) is 0 Å². The number of benzene rings is 2. The molecule has 1 aromatic heterocycles. The molecule has 2 aliphatic heterocycles. The molecule has 0 saturated heterocycles. The molecule has 0 fully saturated rings. The summed E-state index contributed by atoms with van der Waals surface area (Å²) in [6.45, 7) is 4.40. The number of nitro groups is 1. The summed E-state index contributed by atoms with van der Waals surface area (Å²) in [6.07, 6.45) is 0. The predicted octanol–water partition coefficient (Wildman–Crippen LogP) is 5.31. The molecule has 27 heavy (non-hydrogen) atoms. The van der Waals surface area contributed by atoms with Gasteiger partial charge in [0, 0.05) is 40.4 Å². The number of thioether (sulfide) groups is 1. The van der Waals surface area contributed by atoms with Crippen LogP contribution in [0.4, 0.5) is 11.4 Å². The Morgan fingerprint density at radius 2 is 2.04 bits per heavy atom. The van der Waals surface area contributed by atoms with Crippen LogP contribution in [0.3, 0.4) is 0 Å². The number of nitrogens with one attached hydrogen (secondary N) is 1. The molecule has 3 aromatic rings. The number of hydrogen-bond donors (Lipinski definition) is 1. The Hall–Kier alpha value is -2.60. The summed E-state index contributed by atoms with van der Waals surface area (Å²) in [5.74, 6) is 1.26. The van der Waals surface area contributed by atoms with E-state index in [9.17, 15) is 10.1 Å². The Balaban J connectivity index is 1.66. The third-order valence-electron chi connectivity index (χ3n) is 6.00. The standard InChI is InChI=1S/C21H19N3O2S/c1-21(2)15-10-13(24(25)26)7-8-18(15)22-19-14-9-12-5-3-4-6-17(12)23-20(14)27-11-16(19)21/h3-10,16,19,22H,11H2,1-2H3/t16-,19-/m1/s1. The van der Waals surface area contributed by atoms with Crippen molar-refractivity contribution < 1.29 is 4.92 Å². The lowest BCUT2D eigenvalue weighted by molar-refractivity contribution is -0.385. The summed E-state index contributed by atoms with van der Waals surface area (Å²) in [6, 6.07) is 15.8. The highest BCUT2D eigenvalue weighted by atomic mass is 32.2. The third kappa shape index (κ3) is 2.43. The van der Waals surface area contributed by atoms with Crippen LogP contribution in [0.5, 0.6) is 0 Å². The van der Waals surface area contributed by atoms with E-state index in [1.807, 2.05) is 18.2 Å². The predicted molar refractivity (Wildman–Crippen MR) is 108 cm³/mol. The molecule has 0 amide bonds. The largest absolute Gasteiger partial charge is 0.378 e. The maximum absolute atomic E-state index is 11.2. The maximum Gasteiger partial charge on any atom is 0.269 e. The van der Waals surface area contributed by atoms with Gasteiger partial charge >= 0.3 is 0 Å². The van der Waals surface area contributed by atoms with Crippen LogP contribution in [0.25, 0.3) is 10.9 Å². The van der Waals surface area contributed by atoms with Crippen LogP contribution in [0.1, 0.15) is 31.0 Å². The minimum absolute atomic E-state index is 0.151. The van der Waals surface area contributed by atoms with E-state index in [2.05, 4.69) is 37.4 Å². The Kier molecular flexibility index (Phi) is 3.49. The molecule has 6 heteroatoms. The van der Waals surface area contributed by atoms with Crippen LogP contribution in [-0.4, -0.2) is 15.7 Å². The number of nitrogens with zero attached hydrogens (tertiary/aromatic N) is 2. The van der Waals surface area contributed by atoms with E-state index in [0.717, 1.165) is 32.9 Å². The van der Waals surface area contributed by atoms with Gasteiger partial charge in [-0.1, -0.05) is 32.0 Å². The van der Waals surface area contributed by atoms with Crippen molar-refractivity contribution >= 4 is 34.0 Å². The summed E-state index contributed by atoms with van der Waals surface area (Å²) in [7, 11) is 0. The van der Waals surface area contributed by atoms with E-state index in [0.29, 0.717) is 5.92 Å². The second-order valence-electron chi connectivity index (χ2n) is 7.82. The molecule has 5 rings (SSSR count). The molecule has 136 valence electrons. The Morgan fingerprint density at radius 1 is 1.22 bits per heavy atom. The third-order valence-corrected chi connectivity index (χ3v) is 7.13. The average molecular weight is 377 g/mol. The van der Waals surface area contributed by atoms with Crippen LogP contribution in [-0.2, 0) is 5.41 Å². The van der Waals surface area contributed by atoms with Crippen molar-refractivity contribution in [2.24, 2.45) is 5.92 Å². The smallest absolute Gasteiger partial charge is 0.269 e. The topological polar surface area (TPSA) is 68.1 Å². The monoisotopic (exact) mass is 377 g/mol. The van der Waals surface area contributed by atoms with Crippen LogP contribution in [0, 0.1) is 16.0 Å². The first-order valence-electron chi connectivity index (χ1n) is 9.03. The van der Waals surface area contributed by atoms with Crippen molar-refractivity contribution in [1.29, 1.82) is 0 Å². The molecule has 2 atom stereocenters. The zero-order valence-electron chi connectivity index (χ0n) is 15.1. The molecular formula is C21H19N3O2S. The number of pyridine rings is 1. The van der Waals surface area contributed by atoms with E-state index >= 15 is 0 Å². The summed E-state index contributed by atoms with van der Waals surface area (Å²) >= 11 is 1.79. The minimum Gasteiger partial charge on any atom is -0.378 e. The zero-order chi connectivity index (χ0) is 18.8. The first-order valence-corrected chi connectivity index (χ1v) is 10.0. The molecular weight excluding hydrogens is 358 g/mol. The molecule has 1 N–H and O–H groups in total. The molecule has 0 spiro atoms. The second kappa shape index (κ2) is 5.70. The van der Waals surface area contributed by atoms with Crippen LogP contribution >= 0.6 is 11.8 Å². The van der Waals surface area contributed by atoms with Crippen molar-refractivity contribution in [1.82, 2.24) is 4.98 Å². The van der Waals surface area contributed by atoms with Crippen LogP contribution in [0.15, 0.2) is 53.6 Å². The van der Waals surface area contributed by atoms with Gasteiger partial charge in [-0.15, -0.1) is 11.8 Å². The summed E-state index contributed by atoms with van der Waals surface area (Å²) < 4.78 is 0. The fourth-order valence-corrected chi connectivity index (χ4v) is 5.87. The molecule has 3 heterocycles. The van der Waals surface area contributed by atoms with Gasteiger partial charge in [0.1, 0.15) is 5.03 Å². The van der Waals surface area contributed by atoms with Gasteiger partial charge in [-0.05, 0) is 29.2 Å². The van der Waals surface area contributed by atoms with Crippen molar-refractivity contribution in [3.05, 3.63) is 69.8 Å². The first kappa shape index (κ1) is 16.6. The van der Waals surface area contributed by atoms with E-state index < -0.39 is 0 Å². The second-order valence-corrected chi connectivity index (χ2v) is 8.83. The van der Waals surface area contributed by atoms with Crippen molar-refractivity contribution in [3.8, 4) is 0 Å². The highest BCUT2D eigenvalue weighted by molar-refractivity contribution is 7.99. The minimum atomic E-state index is -0.316. The Bertz CT molecular complexity index is 1100. The van der Waals surface area contributed by atoms with Crippen LogP contribution < -0.4 is 5.32 Å². The zero-order valence-corrected chi connectivity index (χ0v) is 15.9. The van der Waals surface area contributed by atoms with Gasteiger partial charge in [0.25, 0.3) is 5.69 Å². The number of fused-ring (bicyclic) bond motifs is 5. The SMILES string of the molecule is CC1(C)c2cc([N+](=O)[O-])ccc2N[C@@H]2c3cc4ccccc4nc3SC[C@H]21. The summed E-state index contributed by atoms with van der Waals surface area (Å²) in [5, 5.41) is 17.1. The number of nitro benzene ring substituents is 1. The molecule has 0 aliphatic carbocycles. The van der Waals surface area contributed by atoms with Gasteiger partial charge in [-0.25, -0.2) is 4.98 Å². The molecule has 0 bridgehead atoms. The molecule has 0 saturated carbocycles. The fourth-order valence-electron chi connectivity index (χ4n) is 4.41. The number of rotatable bonds is 1. The maximum atomic E-state index is 11.2. The summed E-state index contributed by atoms with van der Waals surface area (Å²) in [5.41, 5.74) is 4.24. The lowest BCUT2D eigenvalue weighted by atomic mass is 9.66. The molecule has 0 unspecified atom stereocenters. The molecule has 5 nitrogen and oxygen atoms in total. The highest BCUT2D eigenvalue weighted by Crippen LogP contribution is 2.54. The van der Waals surface area contributed by atoms with Gasteiger partial charge < -0.3 is 5.32 Å². The Morgan fingerprint density at radius 3 is 2.85 bits per heavy atom. The number of aromatic nitrogens is 1. The molecule has 2 aromatic carbocycles. The lowest BCUT2D eigenvalue weighted by Crippen LogP contribution is -2.44. The van der Waals surface area contributed by atoms with Crippen molar-refractivity contribution in [3.63, 3.8) is 0 Å². The van der Waals surface area contributed by atoms with Gasteiger partial charge in [0.2, 0.25) is 0 Å². The van der Waals surface area contributed by atoms with Crippen molar-refractivity contribution in [2.75, 3.05) is 11.1 Å². The van der Waals surface area contributed by atoms with E-state index in [-0.39, 0.29) is 22.1 Å². The molecule has 2 aliphatic rings. The van der Waals surface area contributed by atoms with Gasteiger partial charge in [-0.2, -0.15) is 0 Å². The van der Waals surface area contributed by atoms with Gasteiger partial charge in [0.15, 0.2) is 0 Å². The van der Waals surface area contributed by atoms with Gasteiger partial charge in [0.05, 0.1) is 16.5 Å². The van der Waals surface area contributed by atoms with E-state index in [1.54, 1.807) is 23.9 Å². The lowest BCUT2D eigenvalue weighted by Gasteiger charge is -2.48. The highest BCUT2D eigenvalue weighted by Gasteiger charge is 2.46. The quantitative estimate of drug-likeness (QED) is 0.460. The van der Waals surface area contributed by atoms with Crippen molar-refractivity contribution in [2.45, 2.75) is 30.3 Å². The van der Waals surface area contributed by atoms with Gasteiger partial charge in [-0.3, -0.25) is 10.1 Å². The number of non-ortho nitro benzene ring substituents is 1. The number of para-hydroxylation sites is 1.